The molecular formula is C14H19BrN4. The Morgan fingerprint density at radius 2 is 2.21 bits per heavy atom. The van der Waals surface area contributed by atoms with Crippen LogP contribution in [0.4, 0.5) is 0 Å². The summed E-state index contributed by atoms with van der Waals surface area (Å²) in [5, 5.41) is 7.81. The van der Waals surface area contributed by atoms with E-state index in [9.17, 15) is 0 Å². The number of aryl methyl sites for hydroxylation is 1. The number of aromatic nitrogens is 3. The lowest BCUT2D eigenvalue weighted by Gasteiger charge is -2.16. The van der Waals surface area contributed by atoms with Crippen molar-refractivity contribution in [3.05, 3.63) is 46.5 Å². The first-order chi connectivity index (χ1) is 9.19. The number of hydrogen-bond acceptors (Lipinski definition) is 3. The van der Waals surface area contributed by atoms with Crippen molar-refractivity contribution in [2.45, 2.75) is 25.8 Å². The summed E-state index contributed by atoms with van der Waals surface area (Å²) < 4.78 is 2.85. The molecule has 1 atom stereocenters. The molecule has 0 spiro atoms. The van der Waals surface area contributed by atoms with Gasteiger partial charge in [-0.05, 0) is 41.0 Å². The molecule has 0 aliphatic carbocycles. The van der Waals surface area contributed by atoms with Crippen LogP contribution in [0.2, 0.25) is 0 Å². The maximum Gasteiger partial charge on any atom is 0.0537 e. The van der Waals surface area contributed by atoms with Gasteiger partial charge in [0, 0.05) is 47.6 Å². The van der Waals surface area contributed by atoms with Crippen molar-refractivity contribution in [3.8, 4) is 0 Å². The van der Waals surface area contributed by atoms with Crippen LogP contribution >= 0.6 is 15.9 Å². The van der Waals surface area contributed by atoms with Gasteiger partial charge in [-0.15, -0.1) is 0 Å². The summed E-state index contributed by atoms with van der Waals surface area (Å²) in [5.74, 6) is 0. The van der Waals surface area contributed by atoms with E-state index in [1.807, 2.05) is 30.2 Å². The number of nitrogens with one attached hydrogen (secondary N) is 1. The highest BCUT2D eigenvalue weighted by Gasteiger charge is 2.13. The van der Waals surface area contributed by atoms with Gasteiger partial charge >= 0.3 is 0 Å². The molecule has 0 aliphatic rings. The molecule has 19 heavy (non-hydrogen) atoms. The minimum absolute atomic E-state index is 0.266. The molecule has 4 nitrogen and oxygen atoms in total. The highest BCUT2D eigenvalue weighted by Crippen LogP contribution is 2.18. The third-order valence-corrected chi connectivity index (χ3v) is 3.44. The summed E-state index contributed by atoms with van der Waals surface area (Å²) in [7, 11) is 1.94. The van der Waals surface area contributed by atoms with Gasteiger partial charge < -0.3 is 5.32 Å². The van der Waals surface area contributed by atoms with Crippen molar-refractivity contribution in [1.82, 2.24) is 20.1 Å². The Morgan fingerprint density at radius 3 is 2.79 bits per heavy atom. The standard InChI is InChI=1S/C14H19BrN4/c1-3-6-16-14(11-8-18-19(2)10-11)7-13-5-4-12(15)9-17-13/h4-5,8-10,14,16H,3,6-7H2,1-2H3. The first kappa shape index (κ1) is 14.2. The molecule has 1 unspecified atom stereocenters. The summed E-state index contributed by atoms with van der Waals surface area (Å²) in [5.41, 5.74) is 2.29. The van der Waals surface area contributed by atoms with Crippen LogP contribution in [0.5, 0.6) is 0 Å². The van der Waals surface area contributed by atoms with Crippen molar-refractivity contribution < 1.29 is 0 Å². The maximum atomic E-state index is 4.44. The largest absolute Gasteiger partial charge is 0.310 e. The lowest BCUT2D eigenvalue weighted by atomic mass is 10.0. The predicted octanol–water partition coefficient (Wildman–Crippen LogP) is 2.86. The normalized spacial score (nSPS) is 12.6. The van der Waals surface area contributed by atoms with Crippen LogP contribution in [0.3, 0.4) is 0 Å². The van der Waals surface area contributed by atoms with Crippen molar-refractivity contribution in [2.24, 2.45) is 7.05 Å². The third-order valence-electron chi connectivity index (χ3n) is 2.97. The summed E-state index contributed by atoms with van der Waals surface area (Å²) >= 11 is 3.41. The highest BCUT2D eigenvalue weighted by molar-refractivity contribution is 9.10. The van der Waals surface area contributed by atoms with E-state index in [4.69, 9.17) is 0 Å². The van der Waals surface area contributed by atoms with E-state index < -0.39 is 0 Å². The molecule has 2 aromatic heterocycles. The number of hydrogen-bond donors (Lipinski definition) is 1. The molecule has 0 fully saturated rings. The van der Waals surface area contributed by atoms with Gasteiger partial charge in [0.1, 0.15) is 0 Å². The second-order valence-corrected chi connectivity index (χ2v) is 5.54. The number of nitrogens with zero attached hydrogens (tertiary/aromatic N) is 3. The first-order valence-corrected chi connectivity index (χ1v) is 7.30. The van der Waals surface area contributed by atoms with Crippen LogP contribution in [-0.2, 0) is 13.5 Å². The van der Waals surface area contributed by atoms with Crippen LogP contribution in [0.1, 0.15) is 30.6 Å². The van der Waals surface area contributed by atoms with Gasteiger partial charge in [-0.2, -0.15) is 5.10 Å². The van der Waals surface area contributed by atoms with E-state index in [2.05, 4.69) is 50.5 Å². The molecule has 0 amide bonds. The Bertz CT molecular complexity index is 506. The Morgan fingerprint density at radius 1 is 1.37 bits per heavy atom. The van der Waals surface area contributed by atoms with Gasteiger partial charge in [-0.1, -0.05) is 6.92 Å². The van der Waals surface area contributed by atoms with Crippen LogP contribution < -0.4 is 5.32 Å². The smallest absolute Gasteiger partial charge is 0.0537 e. The minimum atomic E-state index is 0.266. The molecule has 2 aromatic rings. The van der Waals surface area contributed by atoms with Crippen molar-refractivity contribution in [2.75, 3.05) is 6.54 Å². The second-order valence-electron chi connectivity index (χ2n) is 4.63. The average Bonchev–Trinajstić information content (AvgIpc) is 2.83. The zero-order chi connectivity index (χ0) is 13.7. The third kappa shape index (κ3) is 4.14. The van der Waals surface area contributed by atoms with E-state index in [-0.39, 0.29) is 6.04 Å². The average molecular weight is 323 g/mol. The molecule has 0 saturated heterocycles. The lowest BCUT2D eigenvalue weighted by molar-refractivity contribution is 0.524. The van der Waals surface area contributed by atoms with Gasteiger partial charge in [0.05, 0.1) is 6.20 Å². The van der Waals surface area contributed by atoms with E-state index in [1.165, 1.54) is 5.56 Å². The Balaban J connectivity index is 2.11. The Hall–Kier alpha value is -1.20. The number of pyridine rings is 1. The van der Waals surface area contributed by atoms with E-state index in [0.29, 0.717) is 0 Å². The minimum Gasteiger partial charge on any atom is -0.310 e. The van der Waals surface area contributed by atoms with E-state index in [1.54, 1.807) is 0 Å². The molecule has 1 N–H and O–H groups in total. The summed E-state index contributed by atoms with van der Waals surface area (Å²) in [6.45, 7) is 3.17. The van der Waals surface area contributed by atoms with Gasteiger partial charge in [0.15, 0.2) is 0 Å². The molecule has 0 radical (unpaired) electrons. The van der Waals surface area contributed by atoms with Gasteiger partial charge in [-0.3, -0.25) is 9.67 Å². The number of rotatable bonds is 6. The van der Waals surface area contributed by atoms with Gasteiger partial charge in [-0.25, -0.2) is 0 Å². The zero-order valence-corrected chi connectivity index (χ0v) is 12.9. The SMILES string of the molecule is CCCNC(Cc1ccc(Br)cn1)c1cnn(C)c1. The van der Waals surface area contributed by atoms with Crippen LogP contribution in [0.25, 0.3) is 0 Å². The first-order valence-electron chi connectivity index (χ1n) is 6.51. The quantitative estimate of drug-likeness (QED) is 0.889. The molecule has 0 bridgehead atoms. The molecule has 5 heteroatoms. The second kappa shape index (κ2) is 6.82. The van der Waals surface area contributed by atoms with Crippen LogP contribution in [0.15, 0.2) is 35.2 Å². The Labute approximate surface area is 122 Å². The summed E-state index contributed by atoms with van der Waals surface area (Å²) in [6.07, 6.45) is 7.82. The van der Waals surface area contributed by atoms with Gasteiger partial charge in [0.2, 0.25) is 0 Å². The fourth-order valence-corrected chi connectivity index (χ4v) is 2.22. The molecule has 2 heterocycles. The molecule has 0 aromatic carbocycles. The number of halogens is 1. The highest BCUT2D eigenvalue weighted by atomic mass is 79.9. The van der Waals surface area contributed by atoms with E-state index >= 15 is 0 Å². The lowest BCUT2D eigenvalue weighted by Crippen LogP contribution is -2.24. The topological polar surface area (TPSA) is 42.7 Å². The van der Waals surface area contributed by atoms with Crippen LogP contribution in [0, 0.1) is 0 Å². The Kier molecular flexibility index (Phi) is 5.10. The summed E-state index contributed by atoms with van der Waals surface area (Å²) in [4.78, 5) is 4.44. The molecule has 102 valence electrons. The maximum absolute atomic E-state index is 4.44. The van der Waals surface area contributed by atoms with Gasteiger partial charge in [0.25, 0.3) is 0 Å². The summed E-state index contributed by atoms with van der Waals surface area (Å²) in [6, 6.07) is 4.35. The molecular weight excluding hydrogens is 304 g/mol. The van der Waals surface area contributed by atoms with Crippen LogP contribution in [-0.4, -0.2) is 21.3 Å². The molecule has 0 saturated carbocycles. The van der Waals surface area contributed by atoms with E-state index in [0.717, 1.165) is 29.6 Å². The van der Waals surface area contributed by atoms with Crippen molar-refractivity contribution in [1.29, 1.82) is 0 Å². The zero-order valence-electron chi connectivity index (χ0n) is 11.3. The molecule has 0 aliphatic heterocycles. The fraction of sp³-hybridized carbons (Fsp3) is 0.429. The van der Waals surface area contributed by atoms with Crippen molar-refractivity contribution in [3.63, 3.8) is 0 Å². The fourth-order valence-electron chi connectivity index (χ4n) is 1.98. The molecule has 2 rings (SSSR count). The monoisotopic (exact) mass is 322 g/mol. The predicted molar refractivity (Wildman–Crippen MR) is 79.9 cm³/mol. The van der Waals surface area contributed by atoms with Crippen molar-refractivity contribution >= 4 is 15.9 Å².